The monoisotopic (exact) mass is 201 g/mol. The first-order valence-corrected chi connectivity index (χ1v) is 5.21. The molecule has 14 heavy (non-hydrogen) atoms. The van der Waals surface area contributed by atoms with Crippen LogP contribution in [-0.4, -0.2) is 42.9 Å². The molecule has 0 bridgehead atoms. The lowest BCUT2D eigenvalue weighted by molar-refractivity contribution is 0.00994. The van der Waals surface area contributed by atoms with Gasteiger partial charge in [-0.25, -0.2) is 4.79 Å². The Morgan fingerprint density at radius 2 is 2.29 bits per heavy atom. The van der Waals surface area contributed by atoms with Crippen LogP contribution in [0, 0.1) is 0 Å². The average Bonchev–Trinajstić information content (AvgIpc) is 2.50. The predicted octanol–water partition coefficient (Wildman–Crippen LogP) is 1.64. The van der Waals surface area contributed by atoms with Gasteiger partial charge in [0.05, 0.1) is 6.10 Å². The second-order valence-electron chi connectivity index (χ2n) is 3.84. The largest absolute Gasteiger partial charge is 0.508 e. The van der Waals surface area contributed by atoms with Crippen LogP contribution < -0.4 is 0 Å². The van der Waals surface area contributed by atoms with Crippen molar-refractivity contribution in [2.45, 2.75) is 39.4 Å². The van der Waals surface area contributed by atoms with Crippen molar-refractivity contribution < 1.29 is 14.3 Å². The van der Waals surface area contributed by atoms with Crippen molar-refractivity contribution in [3.05, 3.63) is 0 Å². The molecule has 0 saturated carbocycles. The molecular formula is C10H19NO3. The highest BCUT2D eigenvalue weighted by atomic mass is 16.7. The van der Waals surface area contributed by atoms with E-state index in [1.807, 2.05) is 13.8 Å². The number of carbonyl (C=O) groups excluding carboxylic acids is 1. The Morgan fingerprint density at radius 1 is 1.57 bits per heavy atom. The van der Waals surface area contributed by atoms with Crippen molar-refractivity contribution in [1.82, 2.24) is 4.90 Å². The van der Waals surface area contributed by atoms with Gasteiger partial charge in [0.15, 0.2) is 0 Å². The van der Waals surface area contributed by atoms with Gasteiger partial charge in [0.2, 0.25) is 0 Å². The summed E-state index contributed by atoms with van der Waals surface area (Å²) in [5.74, 6) is 0. The molecule has 0 radical (unpaired) electrons. The second kappa shape index (κ2) is 5.20. The highest BCUT2D eigenvalue weighted by Crippen LogP contribution is 2.12. The minimum Gasteiger partial charge on any atom is -0.432 e. The third kappa shape index (κ3) is 3.54. The van der Waals surface area contributed by atoms with E-state index >= 15 is 0 Å². The van der Waals surface area contributed by atoms with Crippen molar-refractivity contribution >= 4 is 6.16 Å². The fraction of sp³-hybridized carbons (Fsp3) is 0.900. The van der Waals surface area contributed by atoms with Gasteiger partial charge in [-0.2, -0.15) is 0 Å². The smallest absolute Gasteiger partial charge is 0.432 e. The summed E-state index contributed by atoms with van der Waals surface area (Å²) in [6.07, 6.45) is 0.288. The van der Waals surface area contributed by atoms with Crippen LogP contribution in [0.5, 0.6) is 0 Å². The van der Waals surface area contributed by atoms with Crippen molar-refractivity contribution in [3.63, 3.8) is 0 Å². The van der Waals surface area contributed by atoms with Gasteiger partial charge in [-0.3, -0.25) is 4.90 Å². The number of nitrogens with zero attached hydrogens (tertiary/aromatic N) is 1. The van der Waals surface area contributed by atoms with Crippen molar-refractivity contribution in [2.75, 3.05) is 19.6 Å². The maximum Gasteiger partial charge on any atom is 0.508 e. The lowest BCUT2D eigenvalue weighted by Crippen LogP contribution is -2.25. The summed E-state index contributed by atoms with van der Waals surface area (Å²) in [6, 6.07) is 0. The summed E-state index contributed by atoms with van der Waals surface area (Å²) in [5.41, 5.74) is 0. The van der Waals surface area contributed by atoms with Crippen LogP contribution in [0.15, 0.2) is 0 Å². The Hall–Kier alpha value is -0.770. The molecule has 1 fully saturated rings. The molecule has 0 aromatic carbocycles. The summed E-state index contributed by atoms with van der Waals surface area (Å²) in [5, 5.41) is 0. The minimum absolute atomic E-state index is 0.0150. The molecule has 4 heteroatoms. The molecule has 4 nitrogen and oxygen atoms in total. The third-order valence-corrected chi connectivity index (χ3v) is 2.27. The summed E-state index contributed by atoms with van der Waals surface area (Å²) >= 11 is 0. The van der Waals surface area contributed by atoms with Gasteiger partial charge in [0.1, 0.15) is 6.10 Å². The summed E-state index contributed by atoms with van der Waals surface area (Å²) in [6.45, 7) is 8.59. The molecule has 1 aliphatic rings. The van der Waals surface area contributed by atoms with E-state index in [0.29, 0.717) is 0 Å². The number of likely N-dealkylation sites (tertiary alicyclic amines) is 1. The zero-order valence-electron chi connectivity index (χ0n) is 9.16. The molecule has 0 aromatic heterocycles. The second-order valence-corrected chi connectivity index (χ2v) is 3.84. The maximum atomic E-state index is 11.1. The normalized spacial score (nSPS) is 22.7. The van der Waals surface area contributed by atoms with Crippen LogP contribution in [0.3, 0.4) is 0 Å². The van der Waals surface area contributed by atoms with Crippen LogP contribution in [0.25, 0.3) is 0 Å². The zero-order chi connectivity index (χ0) is 10.6. The van der Waals surface area contributed by atoms with E-state index in [4.69, 9.17) is 9.47 Å². The maximum absolute atomic E-state index is 11.1. The number of carbonyl (C=O) groups is 1. The topological polar surface area (TPSA) is 38.8 Å². The Morgan fingerprint density at radius 3 is 2.79 bits per heavy atom. The molecule has 1 rings (SSSR count). The first-order chi connectivity index (χ1) is 6.61. The minimum atomic E-state index is -0.539. The average molecular weight is 201 g/mol. The molecule has 1 saturated heterocycles. The Balaban J connectivity index is 2.22. The standard InChI is InChI=1S/C10H19NO3/c1-4-11-6-5-9(7-11)14-10(12)13-8(2)3/h8-9H,4-7H2,1-3H3. The molecule has 82 valence electrons. The fourth-order valence-corrected chi connectivity index (χ4v) is 1.54. The number of ether oxygens (including phenoxy) is 2. The summed E-state index contributed by atoms with van der Waals surface area (Å²) < 4.78 is 10.1. The van der Waals surface area contributed by atoms with Gasteiger partial charge in [0.25, 0.3) is 0 Å². The van der Waals surface area contributed by atoms with Crippen LogP contribution in [0.1, 0.15) is 27.2 Å². The number of hydrogen-bond donors (Lipinski definition) is 0. The zero-order valence-corrected chi connectivity index (χ0v) is 9.16. The number of likely N-dealkylation sites (N-methyl/N-ethyl adjacent to an activating group) is 1. The molecule has 1 heterocycles. The highest BCUT2D eigenvalue weighted by Gasteiger charge is 2.25. The molecule has 0 aliphatic carbocycles. The lowest BCUT2D eigenvalue weighted by atomic mass is 10.3. The lowest BCUT2D eigenvalue weighted by Gasteiger charge is -2.14. The summed E-state index contributed by atoms with van der Waals surface area (Å²) in [4.78, 5) is 13.4. The van der Waals surface area contributed by atoms with Gasteiger partial charge in [0, 0.05) is 13.1 Å². The molecule has 1 atom stereocenters. The first kappa shape index (κ1) is 11.3. The van der Waals surface area contributed by atoms with Crippen LogP contribution >= 0.6 is 0 Å². The number of rotatable bonds is 3. The fourth-order valence-electron chi connectivity index (χ4n) is 1.54. The molecule has 0 aromatic rings. The van der Waals surface area contributed by atoms with Gasteiger partial charge >= 0.3 is 6.16 Å². The van der Waals surface area contributed by atoms with Gasteiger partial charge in [-0.05, 0) is 26.8 Å². The molecule has 1 aliphatic heterocycles. The van der Waals surface area contributed by atoms with E-state index in [-0.39, 0.29) is 12.2 Å². The van der Waals surface area contributed by atoms with E-state index in [9.17, 15) is 4.79 Å². The van der Waals surface area contributed by atoms with Crippen LogP contribution in [0.2, 0.25) is 0 Å². The van der Waals surface area contributed by atoms with E-state index in [1.54, 1.807) is 0 Å². The predicted molar refractivity (Wildman–Crippen MR) is 53.2 cm³/mol. The first-order valence-electron chi connectivity index (χ1n) is 5.21. The number of hydrogen-bond acceptors (Lipinski definition) is 4. The molecule has 1 unspecified atom stereocenters. The highest BCUT2D eigenvalue weighted by molar-refractivity contribution is 5.60. The van der Waals surface area contributed by atoms with E-state index in [2.05, 4.69) is 11.8 Å². The quantitative estimate of drug-likeness (QED) is 0.651. The summed E-state index contributed by atoms with van der Waals surface area (Å²) in [7, 11) is 0. The van der Waals surface area contributed by atoms with Gasteiger partial charge in [-0.1, -0.05) is 6.92 Å². The SMILES string of the molecule is CCN1CCC(OC(=O)OC(C)C)C1. The van der Waals surface area contributed by atoms with Crippen LogP contribution in [-0.2, 0) is 9.47 Å². The van der Waals surface area contributed by atoms with E-state index in [0.717, 1.165) is 26.1 Å². The van der Waals surface area contributed by atoms with Gasteiger partial charge in [-0.15, -0.1) is 0 Å². The van der Waals surface area contributed by atoms with Gasteiger partial charge < -0.3 is 9.47 Å². The van der Waals surface area contributed by atoms with Crippen molar-refractivity contribution in [1.29, 1.82) is 0 Å². The van der Waals surface area contributed by atoms with Crippen LogP contribution in [0.4, 0.5) is 4.79 Å². The van der Waals surface area contributed by atoms with E-state index < -0.39 is 6.16 Å². The molecule has 0 N–H and O–H groups in total. The van der Waals surface area contributed by atoms with E-state index in [1.165, 1.54) is 0 Å². The Bertz CT molecular complexity index is 194. The molecular weight excluding hydrogens is 182 g/mol. The van der Waals surface area contributed by atoms with Crippen molar-refractivity contribution in [3.8, 4) is 0 Å². The Labute approximate surface area is 85.2 Å². The third-order valence-electron chi connectivity index (χ3n) is 2.27. The molecule has 0 amide bonds. The Kier molecular flexibility index (Phi) is 4.20. The molecule has 0 spiro atoms. The van der Waals surface area contributed by atoms with Crippen molar-refractivity contribution in [2.24, 2.45) is 0 Å².